The Bertz CT molecular complexity index is 1120. The van der Waals surface area contributed by atoms with E-state index in [0.29, 0.717) is 0 Å². The molecule has 0 aliphatic carbocycles. The summed E-state index contributed by atoms with van der Waals surface area (Å²) in [5.41, 5.74) is 6.68. The van der Waals surface area contributed by atoms with E-state index < -0.39 is 0 Å². The Morgan fingerprint density at radius 1 is 0.667 bits per heavy atom. The molecule has 0 saturated carbocycles. The molecule has 0 radical (unpaired) electrons. The van der Waals surface area contributed by atoms with E-state index in [1.165, 1.54) is 38.7 Å². The quantitative estimate of drug-likeness (QED) is 0.412. The predicted octanol–water partition coefficient (Wildman–Crippen LogP) is 6.14. The van der Waals surface area contributed by atoms with Crippen molar-refractivity contribution in [3.63, 3.8) is 0 Å². The summed E-state index contributed by atoms with van der Waals surface area (Å²) in [5, 5.41) is 2.67. The highest BCUT2D eigenvalue weighted by molar-refractivity contribution is 5.98. The first-order chi connectivity index (χ1) is 14.8. The molecule has 4 aromatic carbocycles. The fourth-order valence-corrected chi connectivity index (χ4v) is 4.45. The van der Waals surface area contributed by atoms with Crippen LogP contribution in [-0.4, -0.2) is 31.1 Å². The standard InChI is InChI=1S/C28H28N2/c1-22-11-13-23(14-12-22)21-29-15-17-30(18-16-29)28-20-26(24-7-3-2-4-8-24)19-25-9-5-6-10-27(25)28/h2-14,19-20H,15-18,21H2,1H3. The van der Waals surface area contributed by atoms with Crippen molar-refractivity contribution in [1.82, 2.24) is 4.90 Å². The Labute approximate surface area is 179 Å². The van der Waals surface area contributed by atoms with Gasteiger partial charge in [0.1, 0.15) is 0 Å². The molecule has 1 aliphatic heterocycles. The minimum Gasteiger partial charge on any atom is -0.368 e. The van der Waals surface area contributed by atoms with Gasteiger partial charge in [0, 0.05) is 43.8 Å². The molecular formula is C28H28N2. The number of anilines is 1. The lowest BCUT2D eigenvalue weighted by atomic mass is 9.99. The summed E-state index contributed by atoms with van der Waals surface area (Å²) in [4.78, 5) is 5.14. The molecular weight excluding hydrogens is 364 g/mol. The van der Waals surface area contributed by atoms with E-state index in [1.54, 1.807) is 0 Å². The lowest BCUT2D eigenvalue weighted by molar-refractivity contribution is 0.250. The van der Waals surface area contributed by atoms with Crippen molar-refractivity contribution >= 4 is 16.5 Å². The smallest absolute Gasteiger partial charge is 0.0453 e. The van der Waals surface area contributed by atoms with Crippen LogP contribution < -0.4 is 4.90 Å². The van der Waals surface area contributed by atoms with Crippen molar-refractivity contribution in [3.05, 3.63) is 102 Å². The minimum absolute atomic E-state index is 1.04. The number of aryl methyl sites for hydroxylation is 1. The Kier molecular flexibility index (Phi) is 5.25. The van der Waals surface area contributed by atoms with Crippen LogP contribution >= 0.6 is 0 Å². The maximum Gasteiger partial charge on any atom is 0.0453 e. The maximum absolute atomic E-state index is 2.57. The summed E-state index contributed by atoms with van der Waals surface area (Å²) in [6.07, 6.45) is 0. The summed E-state index contributed by atoms with van der Waals surface area (Å²) in [7, 11) is 0. The normalized spacial score (nSPS) is 14.9. The van der Waals surface area contributed by atoms with Crippen molar-refractivity contribution in [2.75, 3.05) is 31.1 Å². The molecule has 1 fully saturated rings. The third kappa shape index (κ3) is 3.96. The van der Waals surface area contributed by atoms with Gasteiger partial charge in [0.25, 0.3) is 0 Å². The lowest BCUT2D eigenvalue weighted by Crippen LogP contribution is -2.46. The number of fused-ring (bicyclic) bond motifs is 1. The van der Waals surface area contributed by atoms with Gasteiger partial charge in [-0.1, -0.05) is 84.4 Å². The molecule has 150 valence electrons. The van der Waals surface area contributed by atoms with Crippen molar-refractivity contribution in [2.45, 2.75) is 13.5 Å². The molecule has 0 atom stereocenters. The number of hydrogen-bond acceptors (Lipinski definition) is 2. The van der Waals surface area contributed by atoms with Crippen molar-refractivity contribution < 1.29 is 0 Å². The van der Waals surface area contributed by atoms with Crippen LogP contribution in [0.25, 0.3) is 21.9 Å². The zero-order chi connectivity index (χ0) is 20.3. The average molecular weight is 393 g/mol. The van der Waals surface area contributed by atoms with Crippen LogP contribution in [0.15, 0.2) is 91.0 Å². The highest BCUT2D eigenvalue weighted by Crippen LogP contribution is 2.34. The first-order valence-corrected chi connectivity index (χ1v) is 10.9. The molecule has 0 bridgehead atoms. The van der Waals surface area contributed by atoms with E-state index in [0.717, 1.165) is 32.7 Å². The van der Waals surface area contributed by atoms with E-state index in [1.807, 2.05) is 0 Å². The fourth-order valence-electron chi connectivity index (χ4n) is 4.45. The molecule has 1 heterocycles. The van der Waals surface area contributed by atoms with Gasteiger partial charge in [0.2, 0.25) is 0 Å². The lowest BCUT2D eigenvalue weighted by Gasteiger charge is -2.37. The average Bonchev–Trinajstić information content (AvgIpc) is 2.81. The molecule has 2 nitrogen and oxygen atoms in total. The van der Waals surface area contributed by atoms with Crippen LogP contribution in [0, 0.1) is 6.92 Å². The largest absolute Gasteiger partial charge is 0.368 e. The van der Waals surface area contributed by atoms with Gasteiger partial charge in [-0.15, -0.1) is 0 Å². The first kappa shape index (κ1) is 18.9. The Balaban J connectivity index is 1.39. The zero-order valence-corrected chi connectivity index (χ0v) is 17.6. The van der Waals surface area contributed by atoms with Gasteiger partial charge in [-0.2, -0.15) is 0 Å². The molecule has 0 aromatic heterocycles. The van der Waals surface area contributed by atoms with Gasteiger partial charge in [0.05, 0.1) is 0 Å². The molecule has 30 heavy (non-hydrogen) atoms. The summed E-state index contributed by atoms with van der Waals surface area (Å²) in [5.74, 6) is 0. The van der Waals surface area contributed by atoms with Gasteiger partial charge < -0.3 is 4.90 Å². The van der Waals surface area contributed by atoms with E-state index in [9.17, 15) is 0 Å². The van der Waals surface area contributed by atoms with Crippen LogP contribution in [0.4, 0.5) is 5.69 Å². The number of hydrogen-bond donors (Lipinski definition) is 0. The highest BCUT2D eigenvalue weighted by atomic mass is 15.3. The van der Waals surface area contributed by atoms with Crippen molar-refractivity contribution in [3.8, 4) is 11.1 Å². The first-order valence-electron chi connectivity index (χ1n) is 10.9. The number of rotatable bonds is 4. The highest BCUT2D eigenvalue weighted by Gasteiger charge is 2.19. The van der Waals surface area contributed by atoms with E-state index >= 15 is 0 Å². The fraction of sp³-hybridized carbons (Fsp3) is 0.214. The van der Waals surface area contributed by atoms with Gasteiger partial charge >= 0.3 is 0 Å². The number of benzene rings is 4. The van der Waals surface area contributed by atoms with Crippen molar-refractivity contribution in [2.24, 2.45) is 0 Å². The Hall–Kier alpha value is -3.10. The van der Waals surface area contributed by atoms with Gasteiger partial charge in [-0.25, -0.2) is 0 Å². The van der Waals surface area contributed by atoms with Crippen LogP contribution in [0.3, 0.4) is 0 Å². The molecule has 2 heteroatoms. The number of piperazine rings is 1. The zero-order valence-electron chi connectivity index (χ0n) is 17.6. The summed E-state index contributed by atoms with van der Waals surface area (Å²) in [6, 6.07) is 33.2. The second kappa shape index (κ2) is 8.33. The van der Waals surface area contributed by atoms with Crippen LogP contribution in [0.1, 0.15) is 11.1 Å². The topological polar surface area (TPSA) is 6.48 Å². The molecule has 5 rings (SSSR count). The second-order valence-electron chi connectivity index (χ2n) is 8.33. The van der Waals surface area contributed by atoms with Gasteiger partial charge in [0.15, 0.2) is 0 Å². The molecule has 0 unspecified atom stereocenters. The Morgan fingerprint density at radius 2 is 1.37 bits per heavy atom. The van der Waals surface area contributed by atoms with E-state index in [-0.39, 0.29) is 0 Å². The maximum atomic E-state index is 2.57. The summed E-state index contributed by atoms with van der Waals surface area (Å²) in [6.45, 7) is 7.51. The molecule has 0 spiro atoms. The van der Waals surface area contributed by atoms with Crippen molar-refractivity contribution in [1.29, 1.82) is 0 Å². The predicted molar refractivity (Wildman–Crippen MR) is 128 cm³/mol. The van der Waals surface area contributed by atoms with E-state index in [2.05, 4.69) is 108 Å². The van der Waals surface area contributed by atoms with Gasteiger partial charge in [-0.3, -0.25) is 4.90 Å². The molecule has 0 amide bonds. The third-order valence-corrected chi connectivity index (χ3v) is 6.19. The molecule has 4 aromatic rings. The monoisotopic (exact) mass is 392 g/mol. The van der Waals surface area contributed by atoms with Crippen LogP contribution in [0.5, 0.6) is 0 Å². The van der Waals surface area contributed by atoms with E-state index in [4.69, 9.17) is 0 Å². The SMILES string of the molecule is Cc1ccc(CN2CCN(c3cc(-c4ccccc4)cc4ccccc34)CC2)cc1. The molecule has 0 N–H and O–H groups in total. The third-order valence-electron chi connectivity index (χ3n) is 6.19. The summed E-state index contributed by atoms with van der Waals surface area (Å²) >= 11 is 0. The number of nitrogens with zero attached hydrogens (tertiary/aromatic N) is 2. The summed E-state index contributed by atoms with van der Waals surface area (Å²) < 4.78 is 0. The Morgan fingerprint density at radius 3 is 2.13 bits per heavy atom. The van der Waals surface area contributed by atoms with Gasteiger partial charge in [-0.05, 0) is 41.1 Å². The minimum atomic E-state index is 1.04. The second-order valence-corrected chi connectivity index (χ2v) is 8.33. The van der Waals surface area contributed by atoms with Crippen LogP contribution in [-0.2, 0) is 6.54 Å². The van der Waals surface area contributed by atoms with Crippen LogP contribution in [0.2, 0.25) is 0 Å². The molecule has 1 saturated heterocycles. The molecule has 1 aliphatic rings.